The Bertz CT molecular complexity index is 191. The number of carbonyl (C=O) groups is 1. The van der Waals surface area contributed by atoms with Crippen molar-refractivity contribution in [1.82, 2.24) is 0 Å². The summed E-state index contributed by atoms with van der Waals surface area (Å²) in [5.41, 5.74) is 0. The van der Waals surface area contributed by atoms with Gasteiger partial charge in [0, 0.05) is 0 Å². The van der Waals surface area contributed by atoms with Crippen molar-refractivity contribution >= 4 is 24.8 Å². The molecule has 0 N–H and O–H groups in total. The van der Waals surface area contributed by atoms with Crippen LogP contribution in [0.4, 0.5) is 13.2 Å². The first-order valence-corrected chi connectivity index (χ1v) is 11.8. The van der Waals surface area contributed by atoms with Gasteiger partial charge in [0.15, 0.2) is 0 Å². The van der Waals surface area contributed by atoms with Crippen LogP contribution in [0.5, 0.6) is 0 Å². The molecule has 14 heavy (non-hydrogen) atoms. The number of rotatable bonds is 4. The van der Waals surface area contributed by atoms with E-state index in [4.69, 9.17) is 3.07 Å². The number of carbonyl (C=O) groups excluding carboxylic acids is 1. The third-order valence-corrected chi connectivity index (χ3v) is 15.3. The summed E-state index contributed by atoms with van der Waals surface area (Å²) in [4.78, 5) is 10.7. The fourth-order valence-electron chi connectivity index (χ4n) is 1.22. The van der Waals surface area contributed by atoms with E-state index >= 15 is 0 Å². The Hall–Kier alpha value is 0.0587. The zero-order chi connectivity index (χ0) is 11.4. The Morgan fingerprint density at radius 1 is 1.14 bits per heavy atom. The van der Waals surface area contributed by atoms with Crippen LogP contribution in [0.15, 0.2) is 0 Å². The van der Waals surface area contributed by atoms with Crippen LogP contribution in [0.25, 0.3) is 0 Å². The van der Waals surface area contributed by atoms with Gasteiger partial charge in [-0.3, -0.25) is 0 Å². The van der Waals surface area contributed by atoms with E-state index in [-0.39, 0.29) is 0 Å². The minimum atomic E-state index is -4.85. The van der Waals surface area contributed by atoms with Crippen LogP contribution in [0.3, 0.4) is 0 Å². The van der Waals surface area contributed by atoms with Gasteiger partial charge in [0.2, 0.25) is 0 Å². The Morgan fingerprint density at radius 3 is 1.71 bits per heavy atom. The predicted molar refractivity (Wildman–Crippen MR) is 49.3 cm³/mol. The van der Waals surface area contributed by atoms with Crippen molar-refractivity contribution in [3.63, 3.8) is 0 Å². The van der Waals surface area contributed by atoms with Gasteiger partial charge < -0.3 is 0 Å². The third-order valence-electron chi connectivity index (χ3n) is 2.47. The maximum atomic E-state index is 11.9. The normalized spacial score (nSPS) is 12.7. The van der Waals surface area contributed by atoms with Crippen molar-refractivity contribution in [3.8, 4) is 0 Å². The summed E-state index contributed by atoms with van der Waals surface area (Å²) in [6, 6.07) is 0. The van der Waals surface area contributed by atoms with Gasteiger partial charge in [0.1, 0.15) is 0 Å². The van der Waals surface area contributed by atoms with Crippen LogP contribution in [0.1, 0.15) is 20.8 Å². The number of hydrogen-bond acceptors (Lipinski definition) is 2. The molecule has 0 saturated carbocycles. The van der Waals surface area contributed by atoms with Gasteiger partial charge in [-0.1, -0.05) is 0 Å². The van der Waals surface area contributed by atoms with Gasteiger partial charge in [-0.25, -0.2) is 0 Å². The zero-order valence-corrected chi connectivity index (χ0v) is 11.4. The van der Waals surface area contributed by atoms with Crippen LogP contribution in [0, 0.1) is 0 Å². The molecule has 0 aromatic carbocycles. The molecule has 0 aliphatic rings. The maximum absolute atomic E-state index is 11.9. The SMILES string of the molecule is C[CH2][Sn]([CH2]C)([CH2]C)[O]C(=O)C(F)(F)F. The molecule has 0 bridgehead atoms. The van der Waals surface area contributed by atoms with Crippen LogP contribution >= 0.6 is 0 Å². The van der Waals surface area contributed by atoms with Crippen molar-refractivity contribution in [2.75, 3.05) is 0 Å². The predicted octanol–water partition coefficient (Wildman–Crippen LogP) is 3.10. The Balaban J connectivity index is 4.54. The molecule has 2 nitrogen and oxygen atoms in total. The second kappa shape index (κ2) is 5.23. The summed E-state index contributed by atoms with van der Waals surface area (Å²) in [5, 5.41) is 0. The molecule has 0 aromatic rings. The monoisotopic (exact) mass is 320 g/mol. The van der Waals surface area contributed by atoms with E-state index < -0.39 is 30.9 Å². The van der Waals surface area contributed by atoms with E-state index in [1.165, 1.54) is 0 Å². The number of halogens is 3. The molecule has 0 unspecified atom stereocenters. The molecule has 0 heterocycles. The first-order valence-electron chi connectivity index (χ1n) is 4.61. The summed E-state index contributed by atoms with van der Waals surface area (Å²) >= 11 is -3.22. The van der Waals surface area contributed by atoms with Crippen LogP contribution < -0.4 is 0 Å². The molecule has 84 valence electrons. The van der Waals surface area contributed by atoms with Crippen molar-refractivity contribution < 1.29 is 21.0 Å². The summed E-state index contributed by atoms with van der Waals surface area (Å²) in [6.45, 7) is 5.40. The average molecular weight is 319 g/mol. The van der Waals surface area contributed by atoms with E-state index in [1.54, 1.807) is 20.8 Å². The van der Waals surface area contributed by atoms with Crippen LogP contribution in [-0.4, -0.2) is 30.9 Å². The van der Waals surface area contributed by atoms with Gasteiger partial charge in [-0.05, 0) is 0 Å². The van der Waals surface area contributed by atoms with E-state index in [1.807, 2.05) is 0 Å². The summed E-state index contributed by atoms with van der Waals surface area (Å²) in [5.74, 6) is -2.00. The molecular weight excluding hydrogens is 304 g/mol. The standard InChI is InChI=1S/C2HF3O2.3C2H5.Sn/c3-2(4,5)1(6)7;3*1-2;/h(H,6,7);3*1H2,2H3;/q;;;;+1/p-1. The number of alkyl halides is 3. The van der Waals surface area contributed by atoms with Crippen LogP contribution in [0.2, 0.25) is 13.3 Å². The van der Waals surface area contributed by atoms with E-state index in [0.717, 1.165) is 0 Å². The molecule has 6 heteroatoms. The Kier molecular flexibility index (Phi) is 5.25. The molecule has 0 rings (SSSR count). The van der Waals surface area contributed by atoms with Crippen LogP contribution in [-0.2, 0) is 7.87 Å². The summed E-state index contributed by atoms with van der Waals surface area (Å²) in [6.07, 6.45) is -4.85. The molecule has 0 aromatic heterocycles. The minimum absolute atomic E-state index is 0.601. The van der Waals surface area contributed by atoms with E-state index in [2.05, 4.69) is 0 Å². The molecule has 0 aliphatic heterocycles. The van der Waals surface area contributed by atoms with Crippen molar-refractivity contribution in [2.45, 2.75) is 40.3 Å². The fourth-order valence-corrected chi connectivity index (χ4v) is 8.19. The Morgan fingerprint density at radius 2 is 1.50 bits per heavy atom. The van der Waals surface area contributed by atoms with E-state index in [0.29, 0.717) is 13.3 Å². The molecule has 0 spiro atoms. The average Bonchev–Trinajstić information content (AvgIpc) is 2.12. The fraction of sp³-hybridized carbons (Fsp3) is 0.875. The first-order chi connectivity index (χ1) is 6.31. The molecular formula is C8H15F3O2Sn. The van der Waals surface area contributed by atoms with Crippen molar-refractivity contribution in [3.05, 3.63) is 0 Å². The molecule has 0 fully saturated rings. The number of hydrogen-bond donors (Lipinski definition) is 0. The zero-order valence-electron chi connectivity index (χ0n) is 8.57. The van der Waals surface area contributed by atoms with E-state index in [9.17, 15) is 18.0 Å². The topological polar surface area (TPSA) is 26.3 Å². The van der Waals surface area contributed by atoms with Crippen molar-refractivity contribution in [1.29, 1.82) is 0 Å². The van der Waals surface area contributed by atoms with Gasteiger partial charge in [-0.15, -0.1) is 0 Å². The molecule has 0 atom stereocenters. The molecule has 0 radical (unpaired) electrons. The Labute approximate surface area is 86.2 Å². The van der Waals surface area contributed by atoms with Gasteiger partial charge in [-0.2, -0.15) is 0 Å². The summed E-state index contributed by atoms with van der Waals surface area (Å²) in [7, 11) is 0. The second-order valence-electron chi connectivity index (χ2n) is 3.13. The molecule has 0 saturated heterocycles. The van der Waals surface area contributed by atoms with Gasteiger partial charge >= 0.3 is 86.1 Å². The van der Waals surface area contributed by atoms with Gasteiger partial charge in [0.05, 0.1) is 0 Å². The third kappa shape index (κ3) is 3.67. The second-order valence-corrected chi connectivity index (χ2v) is 16.5. The molecule has 0 amide bonds. The summed E-state index contributed by atoms with van der Waals surface area (Å²) < 4.78 is 42.3. The molecule has 0 aliphatic carbocycles. The first kappa shape index (κ1) is 14.1. The van der Waals surface area contributed by atoms with Gasteiger partial charge in [0.25, 0.3) is 0 Å². The quantitative estimate of drug-likeness (QED) is 0.745. The van der Waals surface area contributed by atoms with Crippen molar-refractivity contribution in [2.24, 2.45) is 0 Å².